The Kier molecular flexibility index (Phi) is 8.21. The van der Waals surface area contributed by atoms with E-state index >= 15 is 0 Å². The Bertz CT molecular complexity index is 922. The molecule has 5 heteroatoms. The number of nitrogens with one attached hydrogen (secondary N) is 1. The van der Waals surface area contributed by atoms with Crippen LogP contribution in [-0.4, -0.2) is 31.4 Å². The lowest BCUT2D eigenvalue weighted by Gasteiger charge is -2.10. The monoisotopic (exact) mass is 421 g/mol. The average Bonchev–Trinajstić information content (AvgIpc) is 2.75. The van der Waals surface area contributed by atoms with E-state index in [4.69, 9.17) is 9.47 Å². The Labute approximate surface area is 182 Å². The zero-order chi connectivity index (χ0) is 21.2. The minimum atomic E-state index is -0.120. The van der Waals surface area contributed by atoms with Crippen LogP contribution in [0.25, 0.3) is 0 Å². The predicted molar refractivity (Wildman–Crippen MR) is 123 cm³/mol. The topological polar surface area (TPSA) is 47.6 Å². The maximum Gasteiger partial charge on any atom is 0.251 e. The number of amides is 1. The van der Waals surface area contributed by atoms with E-state index in [-0.39, 0.29) is 5.91 Å². The van der Waals surface area contributed by atoms with Gasteiger partial charge in [0.1, 0.15) is 18.1 Å². The van der Waals surface area contributed by atoms with Gasteiger partial charge in [0.2, 0.25) is 0 Å². The highest BCUT2D eigenvalue weighted by Gasteiger charge is 2.06. The van der Waals surface area contributed by atoms with E-state index in [2.05, 4.69) is 23.5 Å². The molecule has 3 aromatic rings. The molecule has 0 saturated carbocycles. The lowest BCUT2D eigenvalue weighted by Crippen LogP contribution is -2.28. The number of rotatable bonds is 10. The summed E-state index contributed by atoms with van der Waals surface area (Å²) in [5.74, 6) is 2.34. The van der Waals surface area contributed by atoms with Crippen LogP contribution < -0.4 is 14.8 Å². The number of hydrogen-bond acceptors (Lipinski definition) is 4. The normalized spacial score (nSPS) is 10.5. The average molecular weight is 422 g/mol. The second kappa shape index (κ2) is 11.3. The Hall–Kier alpha value is -2.92. The first-order valence-corrected chi connectivity index (χ1v) is 11.0. The first-order valence-electron chi connectivity index (χ1n) is 10.0. The number of thioether (sulfide) groups is 1. The minimum Gasteiger partial charge on any atom is -0.493 e. The molecule has 0 aliphatic carbocycles. The van der Waals surface area contributed by atoms with E-state index < -0.39 is 0 Å². The standard InChI is InChI=1S/C25H27NO3S/c1-19-16-20(2)18-23(17-19)28-13-12-26-25(27)21-8-10-22(11-9-21)29-14-15-30-24-6-4-3-5-7-24/h3-11,16-18H,12-15H2,1-2H3,(H,26,27). The van der Waals surface area contributed by atoms with Gasteiger partial charge in [0.15, 0.2) is 0 Å². The molecule has 3 aromatic carbocycles. The van der Waals surface area contributed by atoms with Gasteiger partial charge in [-0.15, -0.1) is 11.8 Å². The number of hydrogen-bond donors (Lipinski definition) is 1. The molecule has 4 nitrogen and oxygen atoms in total. The number of benzene rings is 3. The van der Waals surface area contributed by atoms with E-state index in [1.165, 1.54) is 4.90 Å². The fourth-order valence-corrected chi connectivity index (χ4v) is 3.74. The molecule has 1 N–H and O–H groups in total. The smallest absolute Gasteiger partial charge is 0.251 e. The van der Waals surface area contributed by atoms with Crippen LogP contribution >= 0.6 is 11.8 Å². The summed E-state index contributed by atoms with van der Waals surface area (Å²) in [7, 11) is 0. The summed E-state index contributed by atoms with van der Waals surface area (Å²) in [6.45, 7) is 5.56. The molecule has 0 saturated heterocycles. The molecule has 30 heavy (non-hydrogen) atoms. The molecule has 0 bridgehead atoms. The van der Waals surface area contributed by atoms with Crippen LogP contribution in [-0.2, 0) is 0 Å². The molecule has 0 aliphatic rings. The van der Waals surface area contributed by atoms with Crippen molar-refractivity contribution >= 4 is 17.7 Å². The van der Waals surface area contributed by atoms with Gasteiger partial charge in [0.25, 0.3) is 5.91 Å². The van der Waals surface area contributed by atoms with Crippen LogP contribution in [0.1, 0.15) is 21.5 Å². The third-order valence-electron chi connectivity index (χ3n) is 4.33. The highest BCUT2D eigenvalue weighted by atomic mass is 32.2. The Morgan fingerprint density at radius 2 is 1.50 bits per heavy atom. The molecule has 0 atom stereocenters. The molecule has 0 heterocycles. The maximum absolute atomic E-state index is 12.3. The third kappa shape index (κ3) is 7.16. The molecule has 0 aromatic heterocycles. The van der Waals surface area contributed by atoms with E-state index in [1.54, 1.807) is 23.9 Å². The third-order valence-corrected chi connectivity index (χ3v) is 5.31. The number of ether oxygens (including phenoxy) is 2. The molecule has 156 valence electrons. The van der Waals surface area contributed by atoms with Crippen molar-refractivity contribution in [2.75, 3.05) is 25.5 Å². The lowest BCUT2D eigenvalue weighted by atomic mass is 10.1. The van der Waals surface area contributed by atoms with Crippen LogP contribution in [0.4, 0.5) is 0 Å². The van der Waals surface area contributed by atoms with Gasteiger partial charge in [-0.25, -0.2) is 0 Å². The van der Waals surface area contributed by atoms with Gasteiger partial charge in [0, 0.05) is 16.2 Å². The molecule has 0 fully saturated rings. The van der Waals surface area contributed by atoms with Crippen molar-refractivity contribution in [3.05, 3.63) is 89.5 Å². The Morgan fingerprint density at radius 3 is 2.20 bits per heavy atom. The molecule has 0 unspecified atom stereocenters. The number of carbonyl (C=O) groups excluding carboxylic acids is 1. The van der Waals surface area contributed by atoms with Gasteiger partial charge in [-0.3, -0.25) is 4.79 Å². The van der Waals surface area contributed by atoms with Gasteiger partial charge in [0.05, 0.1) is 13.2 Å². The summed E-state index contributed by atoms with van der Waals surface area (Å²) < 4.78 is 11.5. The van der Waals surface area contributed by atoms with Gasteiger partial charge in [-0.2, -0.15) is 0 Å². The lowest BCUT2D eigenvalue weighted by molar-refractivity contribution is 0.0947. The minimum absolute atomic E-state index is 0.120. The van der Waals surface area contributed by atoms with Crippen molar-refractivity contribution in [3.8, 4) is 11.5 Å². The predicted octanol–water partition coefficient (Wildman–Crippen LogP) is 5.28. The molecule has 0 radical (unpaired) electrons. The van der Waals surface area contributed by atoms with Crippen LogP contribution in [0.15, 0.2) is 77.7 Å². The summed E-state index contributed by atoms with van der Waals surface area (Å²) in [6.07, 6.45) is 0. The SMILES string of the molecule is Cc1cc(C)cc(OCCNC(=O)c2ccc(OCCSc3ccccc3)cc2)c1. The van der Waals surface area contributed by atoms with E-state index in [0.717, 1.165) is 28.4 Å². The van der Waals surface area contributed by atoms with Crippen molar-refractivity contribution in [1.29, 1.82) is 0 Å². The van der Waals surface area contributed by atoms with Crippen molar-refractivity contribution in [1.82, 2.24) is 5.32 Å². The van der Waals surface area contributed by atoms with Crippen LogP contribution in [0.3, 0.4) is 0 Å². The summed E-state index contributed by atoms with van der Waals surface area (Å²) >= 11 is 1.76. The van der Waals surface area contributed by atoms with Crippen molar-refractivity contribution < 1.29 is 14.3 Å². The van der Waals surface area contributed by atoms with Crippen LogP contribution in [0, 0.1) is 13.8 Å². The highest BCUT2D eigenvalue weighted by Crippen LogP contribution is 2.18. The van der Waals surface area contributed by atoms with Crippen LogP contribution in [0.2, 0.25) is 0 Å². The Balaban J connectivity index is 1.36. The van der Waals surface area contributed by atoms with Gasteiger partial charge in [-0.05, 0) is 73.5 Å². The molecular formula is C25H27NO3S. The largest absolute Gasteiger partial charge is 0.493 e. The van der Waals surface area contributed by atoms with Gasteiger partial charge >= 0.3 is 0 Å². The molecule has 0 aliphatic heterocycles. The summed E-state index contributed by atoms with van der Waals surface area (Å²) in [4.78, 5) is 13.5. The zero-order valence-electron chi connectivity index (χ0n) is 17.4. The maximum atomic E-state index is 12.3. The highest BCUT2D eigenvalue weighted by molar-refractivity contribution is 7.99. The molecular weight excluding hydrogens is 394 g/mol. The summed E-state index contributed by atoms with van der Waals surface area (Å²) in [6, 6.07) is 23.5. The number of carbonyl (C=O) groups is 1. The fraction of sp³-hybridized carbons (Fsp3) is 0.240. The first kappa shape index (κ1) is 21.8. The second-order valence-electron chi connectivity index (χ2n) is 6.96. The molecule has 0 spiro atoms. The second-order valence-corrected chi connectivity index (χ2v) is 8.13. The van der Waals surface area contributed by atoms with Crippen molar-refractivity contribution in [3.63, 3.8) is 0 Å². The molecule has 1 amide bonds. The Morgan fingerprint density at radius 1 is 0.833 bits per heavy atom. The summed E-state index contributed by atoms with van der Waals surface area (Å²) in [5.41, 5.74) is 2.93. The molecule has 3 rings (SSSR count). The summed E-state index contributed by atoms with van der Waals surface area (Å²) in [5, 5.41) is 2.88. The van der Waals surface area contributed by atoms with E-state index in [9.17, 15) is 4.79 Å². The number of aryl methyl sites for hydroxylation is 2. The van der Waals surface area contributed by atoms with Crippen molar-refractivity contribution in [2.45, 2.75) is 18.7 Å². The van der Waals surface area contributed by atoms with Crippen molar-refractivity contribution in [2.24, 2.45) is 0 Å². The zero-order valence-corrected chi connectivity index (χ0v) is 18.2. The fourth-order valence-electron chi connectivity index (χ4n) is 2.99. The first-order chi connectivity index (χ1) is 14.6. The van der Waals surface area contributed by atoms with E-state index in [0.29, 0.717) is 25.3 Å². The van der Waals surface area contributed by atoms with Gasteiger partial charge in [-0.1, -0.05) is 24.3 Å². The van der Waals surface area contributed by atoms with Gasteiger partial charge < -0.3 is 14.8 Å². The van der Waals surface area contributed by atoms with E-state index in [1.807, 2.05) is 56.3 Å². The quantitative estimate of drug-likeness (QED) is 0.357. The van der Waals surface area contributed by atoms with Crippen LogP contribution in [0.5, 0.6) is 11.5 Å².